The lowest BCUT2D eigenvalue weighted by Gasteiger charge is -2.06. The van der Waals surface area contributed by atoms with E-state index < -0.39 is 0 Å². The minimum absolute atomic E-state index is 0.106. The molecule has 106 valence electrons. The lowest BCUT2D eigenvalue weighted by molar-refractivity contribution is -0.113. The first-order chi connectivity index (χ1) is 9.54. The van der Waals surface area contributed by atoms with Crippen LogP contribution in [0.25, 0.3) is 0 Å². The topological polar surface area (TPSA) is 29.1 Å². The van der Waals surface area contributed by atoms with Crippen molar-refractivity contribution in [2.75, 3.05) is 11.1 Å². The van der Waals surface area contributed by atoms with Crippen LogP contribution in [-0.4, -0.2) is 11.7 Å². The Kier molecular flexibility index (Phi) is 5.20. The maximum Gasteiger partial charge on any atom is 0.234 e. The first-order valence-electron chi connectivity index (χ1n) is 6.22. The van der Waals surface area contributed by atoms with Crippen molar-refractivity contribution in [2.24, 2.45) is 0 Å². The molecule has 1 heterocycles. The molecule has 0 atom stereocenters. The zero-order valence-electron chi connectivity index (χ0n) is 11.4. The minimum atomic E-state index is -0.302. The summed E-state index contributed by atoms with van der Waals surface area (Å²) in [6.07, 6.45) is 0. The quantitative estimate of drug-likeness (QED) is 0.888. The number of thioether (sulfide) groups is 1. The number of hydrogen-bond donors (Lipinski definition) is 1. The Balaban J connectivity index is 1.79. The van der Waals surface area contributed by atoms with Gasteiger partial charge in [0.1, 0.15) is 5.82 Å². The van der Waals surface area contributed by atoms with Gasteiger partial charge in [-0.1, -0.05) is 6.07 Å². The third kappa shape index (κ3) is 4.35. The Hall–Kier alpha value is -1.33. The van der Waals surface area contributed by atoms with Gasteiger partial charge in [-0.15, -0.1) is 23.1 Å². The lowest BCUT2D eigenvalue weighted by Crippen LogP contribution is -2.14. The zero-order valence-corrected chi connectivity index (χ0v) is 13.0. The van der Waals surface area contributed by atoms with Crippen LogP contribution >= 0.6 is 23.1 Å². The van der Waals surface area contributed by atoms with Gasteiger partial charge in [-0.25, -0.2) is 4.39 Å². The SMILES string of the molecule is Cc1cc(CSCC(=O)Nc2ccc(C)c(F)c2)cs1. The van der Waals surface area contributed by atoms with Crippen molar-refractivity contribution in [3.8, 4) is 0 Å². The van der Waals surface area contributed by atoms with Crippen molar-refractivity contribution in [1.82, 2.24) is 0 Å². The summed E-state index contributed by atoms with van der Waals surface area (Å²) in [5.41, 5.74) is 2.32. The third-order valence-electron chi connectivity index (χ3n) is 2.74. The van der Waals surface area contributed by atoms with E-state index in [1.165, 1.54) is 16.5 Å². The highest BCUT2D eigenvalue weighted by Crippen LogP contribution is 2.19. The number of halogens is 1. The van der Waals surface area contributed by atoms with Crippen molar-refractivity contribution < 1.29 is 9.18 Å². The summed E-state index contributed by atoms with van der Waals surface area (Å²) in [7, 11) is 0. The van der Waals surface area contributed by atoms with Gasteiger partial charge < -0.3 is 5.32 Å². The molecule has 0 saturated carbocycles. The first kappa shape index (κ1) is 15.1. The van der Waals surface area contributed by atoms with E-state index in [-0.39, 0.29) is 11.7 Å². The van der Waals surface area contributed by atoms with Gasteiger partial charge in [0.25, 0.3) is 0 Å². The number of hydrogen-bond acceptors (Lipinski definition) is 3. The number of carbonyl (C=O) groups excluding carboxylic acids is 1. The summed E-state index contributed by atoms with van der Waals surface area (Å²) < 4.78 is 13.3. The second kappa shape index (κ2) is 6.90. The number of rotatable bonds is 5. The highest BCUT2D eigenvalue weighted by Gasteiger charge is 2.05. The largest absolute Gasteiger partial charge is 0.325 e. The molecule has 0 aliphatic heterocycles. The molecule has 0 bridgehead atoms. The maximum absolute atomic E-state index is 13.3. The number of nitrogens with one attached hydrogen (secondary N) is 1. The number of thiophene rings is 1. The molecule has 2 nitrogen and oxygen atoms in total. The van der Waals surface area contributed by atoms with Crippen LogP contribution in [0.5, 0.6) is 0 Å². The van der Waals surface area contributed by atoms with Crippen LogP contribution in [0, 0.1) is 19.7 Å². The molecule has 0 aliphatic carbocycles. The molecule has 1 N–H and O–H groups in total. The van der Waals surface area contributed by atoms with Gasteiger partial charge in [0, 0.05) is 16.3 Å². The van der Waals surface area contributed by atoms with E-state index in [0.29, 0.717) is 17.0 Å². The molecule has 0 unspecified atom stereocenters. The molecule has 0 saturated heterocycles. The molecule has 1 amide bonds. The Bertz CT molecular complexity index is 610. The molecule has 20 heavy (non-hydrogen) atoms. The van der Waals surface area contributed by atoms with E-state index in [1.807, 2.05) is 0 Å². The Morgan fingerprint density at radius 1 is 1.35 bits per heavy atom. The predicted molar refractivity (Wildman–Crippen MR) is 85.0 cm³/mol. The average molecular weight is 309 g/mol. The van der Waals surface area contributed by atoms with Crippen molar-refractivity contribution in [3.05, 3.63) is 51.5 Å². The van der Waals surface area contributed by atoms with Crippen LogP contribution in [0.1, 0.15) is 16.0 Å². The highest BCUT2D eigenvalue weighted by atomic mass is 32.2. The Morgan fingerprint density at radius 3 is 2.80 bits per heavy atom. The minimum Gasteiger partial charge on any atom is -0.325 e. The second-order valence-corrected chi connectivity index (χ2v) is 6.67. The Morgan fingerprint density at radius 2 is 2.15 bits per heavy atom. The van der Waals surface area contributed by atoms with Crippen LogP contribution in [0.3, 0.4) is 0 Å². The molecule has 2 aromatic rings. The van der Waals surface area contributed by atoms with Gasteiger partial charge >= 0.3 is 0 Å². The number of anilines is 1. The van der Waals surface area contributed by atoms with Gasteiger partial charge in [0.05, 0.1) is 5.75 Å². The standard InChI is InChI=1S/C15H16FNOS2/c1-10-3-4-13(6-14(10)16)17-15(18)9-19-7-12-5-11(2)20-8-12/h3-6,8H,7,9H2,1-2H3,(H,17,18). The molecular formula is C15H16FNOS2. The summed E-state index contributed by atoms with van der Waals surface area (Å²) >= 11 is 3.27. The first-order valence-corrected chi connectivity index (χ1v) is 8.26. The monoisotopic (exact) mass is 309 g/mol. The molecular weight excluding hydrogens is 293 g/mol. The summed E-state index contributed by atoms with van der Waals surface area (Å²) in [4.78, 5) is 13.0. The van der Waals surface area contributed by atoms with E-state index in [1.54, 1.807) is 42.2 Å². The van der Waals surface area contributed by atoms with Crippen LogP contribution in [0.4, 0.5) is 10.1 Å². The number of amides is 1. The number of aryl methyl sites for hydroxylation is 2. The molecule has 0 radical (unpaired) electrons. The molecule has 5 heteroatoms. The van der Waals surface area contributed by atoms with Crippen molar-refractivity contribution in [2.45, 2.75) is 19.6 Å². The van der Waals surface area contributed by atoms with Gasteiger partial charge in [0.2, 0.25) is 5.91 Å². The summed E-state index contributed by atoms with van der Waals surface area (Å²) in [5, 5.41) is 4.81. The normalized spacial score (nSPS) is 10.6. The van der Waals surface area contributed by atoms with Crippen LogP contribution in [-0.2, 0) is 10.5 Å². The number of carbonyl (C=O) groups is 1. The van der Waals surface area contributed by atoms with Gasteiger partial charge in [0.15, 0.2) is 0 Å². The molecule has 0 aliphatic rings. The summed E-state index contributed by atoms with van der Waals surface area (Å²) in [5.74, 6) is 0.777. The van der Waals surface area contributed by atoms with E-state index in [0.717, 1.165) is 5.75 Å². The smallest absolute Gasteiger partial charge is 0.234 e. The molecule has 0 spiro atoms. The van der Waals surface area contributed by atoms with Crippen LogP contribution < -0.4 is 5.32 Å². The van der Waals surface area contributed by atoms with E-state index in [9.17, 15) is 9.18 Å². The predicted octanol–water partition coefficient (Wildman–Crippen LogP) is 4.38. The molecule has 1 aromatic carbocycles. The van der Waals surface area contributed by atoms with Crippen molar-refractivity contribution in [1.29, 1.82) is 0 Å². The van der Waals surface area contributed by atoms with Crippen LogP contribution in [0.15, 0.2) is 29.6 Å². The summed E-state index contributed by atoms with van der Waals surface area (Å²) in [6.45, 7) is 3.76. The Labute approximate surface area is 126 Å². The molecule has 2 rings (SSSR count). The fraction of sp³-hybridized carbons (Fsp3) is 0.267. The summed E-state index contributed by atoms with van der Waals surface area (Å²) in [6, 6.07) is 6.85. The van der Waals surface area contributed by atoms with E-state index in [4.69, 9.17) is 0 Å². The maximum atomic E-state index is 13.3. The fourth-order valence-corrected chi connectivity index (χ4v) is 3.28. The highest BCUT2D eigenvalue weighted by molar-refractivity contribution is 7.99. The third-order valence-corrected chi connectivity index (χ3v) is 4.66. The fourth-order valence-electron chi connectivity index (χ4n) is 1.70. The van der Waals surface area contributed by atoms with Gasteiger partial charge in [-0.05, 0) is 48.6 Å². The molecule has 1 aromatic heterocycles. The van der Waals surface area contributed by atoms with E-state index >= 15 is 0 Å². The van der Waals surface area contributed by atoms with E-state index in [2.05, 4.69) is 23.7 Å². The lowest BCUT2D eigenvalue weighted by atomic mass is 10.2. The number of benzene rings is 1. The van der Waals surface area contributed by atoms with Gasteiger partial charge in [-0.2, -0.15) is 0 Å². The van der Waals surface area contributed by atoms with Crippen LogP contribution in [0.2, 0.25) is 0 Å². The van der Waals surface area contributed by atoms with Gasteiger partial charge in [-0.3, -0.25) is 4.79 Å². The second-order valence-electron chi connectivity index (χ2n) is 4.57. The average Bonchev–Trinajstić information content (AvgIpc) is 2.80. The van der Waals surface area contributed by atoms with Crippen molar-refractivity contribution in [3.63, 3.8) is 0 Å². The van der Waals surface area contributed by atoms with Crippen molar-refractivity contribution >= 4 is 34.7 Å². The zero-order chi connectivity index (χ0) is 14.5. The molecule has 0 fully saturated rings.